The van der Waals surface area contributed by atoms with Gasteiger partial charge in [0.15, 0.2) is 11.5 Å². The number of alkyl halides is 2. The third-order valence-electron chi connectivity index (χ3n) is 2.52. The summed E-state index contributed by atoms with van der Waals surface area (Å²) in [6.07, 6.45) is -4.14. The minimum absolute atomic E-state index is 0.0116. The molecular weight excluding hydrogens is 298 g/mol. The van der Waals surface area contributed by atoms with Gasteiger partial charge in [0, 0.05) is 24.8 Å². The highest BCUT2D eigenvalue weighted by Gasteiger charge is 2.43. The summed E-state index contributed by atoms with van der Waals surface area (Å²) in [5, 5.41) is 5.54. The second kappa shape index (κ2) is 5.86. The number of hydrogen-bond donors (Lipinski definition) is 2. The first kappa shape index (κ1) is 16.1. The van der Waals surface area contributed by atoms with Crippen molar-refractivity contribution in [3.05, 3.63) is 18.2 Å². The predicted molar refractivity (Wildman–Crippen MR) is 75.4 cm³/mol. The van der Waals surface area contributed by atoms with E-state index in [1.54, 1.807) is 26.8 Å². The highest BCUT2D eigenvalue weighted by Crippen LogP contribution is 2.42. The van der Waals surface area contributed by atoms with Crippen LogP contribution in [0.25, 0.3) is 0 Å². The molecule has 1 aromatic rings. The maximum Gasteiger partial charge on any atom is 0.586 e. The van der Waals surface area contributed by atoms with Gasteiger partial charge in [0.25, 0.3) is 0 Å². The number of fused-ring (bicyclic) bond motifs is 1. The highest BCUT2D eigenvalue weighted by molar-refractivity contribution is 5.67. The molecule has 1 aliphatic rings. The zero-order valence-electron chi connectivity index (χ0n) is 12.5. The standard InChI is InChI=1S/C14H18F2N2O4/c1-13(2,3)22-12(19)18-7-6-17-9-4-5-10-11(8-9)21-14(15,16)20-10/h4-5,8,17H,6-7H2,1-3H3,(H,18,19). The van der Waals surface area contributed by atoms with E-state index in [4.69, 9.17) is 4.74 Å². The first-order chi connectivity index (χ1) is 10.1. The molecule has 0 saturated carbocycles. The minimum Gasteiger partial charge on any atom is -0.444 e. The van der Waals surface area contributed by atoms with Crippen molar-refractivity contribution >= 4 is 11.8 Å². The van der Waals surface area contributed by atoms with Crippen LogP contribution in [0.3, 0.4) is 0 Å². The molecule has 1 heterocycles. The van der Waals surface area contributed by atoms with Gasteiger partial charge in [0.1, 0.15) is 5.60 Å². The summed E-state index contributed by atoms with van der Waals surface area (Å²) in [7, 11) is 0. The van der Waals surface area contributed by atoms with Crippen molar-refractivity contribution in [2.24, 2.45) is 0 Å². The van der Waals surface area contributed by atoms with Crippen molar-refractivity contribution in [2.45, 2.75) is 32.7 Å². The molecular formula is C14H18F2N2O4. The van der Waals surface area contributed by atoms with Crippen molar-refractivity contribution in [3.63, 3.8) is 0 Å². The lowest BCUT2D eigenvalue weighted by Crippen LogP contribution is -2.34. The number of hydrogen-bond acceptors (Lipinski definition) is 5. The van der Waals surface area contributed by atoms with E-state index in [9.17, 15) is 13.6 Å². The largest absolute Gasteiger partial charge is 0.586 e. The summed E-state index contributed by atoms with van der Waals surface area (Å²) in [5.41, 5.74) is 0.0195. The molecule has 0 saturated heterocycles. The summed E-state index contributed by atoms with van der Waals surface area (Å²) >= 11 is 0. The van der Waals surface area contributed by atoms with Gasteiger partial charge in [-0.05, 0) is 32.9 Å². The molecule has 0 fully saturated rings. The molecule has 2 N–H and O–H groups in total. The predicted octanol–water partition coefficient (Wildman–Crippen LogP) is 2.94. The van der Waals surface area contributed by atoms with Crippen LogP contribution in [0.2, 0.25) is 0 Å². The normalized spacial score (nSPS) is 15.3. The summed E-state index contributed by atoms with van der Waals surface area (Å²) in [6.45, 7) is 6.03. The van der Waals surface area contributed by atoms with Crippen molar-refractivity contribution in [1.82, 2.24) is 5.32 Å². The number of alkyl carbamates (subject to hydrolysis) is 1. The van der Waals surface area contributed by atoms with Gasteiger partial charge >= 0.3 is 12.4 Å². The number of benzene rings is 1. The molecule has 0 aromatic heterocycles. The summed E-state index contributed by atoms with van der Waals surface area (Å²) in [5.74, 6) is -0.0440. The van der Waals surface area contributed by atoms with Gasteiger partial charge in [-0.3, -0.25) is 0 Å². The SMILES string of the molecule is CC(C)(C)OC(=O)NCCNc1ccc2c(c1)OC(F)(F)O2. The average molecular weight is 316 g/mol. The molecule has 122 valence electrons. The van der Waals surface area contributed by atoms with Crippen LogP contribution >= 0.6 is 0 Å². The van der Waals surface area contributed by atoms with E-state index in [1.165, 1.54) is 12.1 Å². The van der Waals surface area contributed by atoms with E-state index in [0.717, 1.165) is 0 Å². The number of ether oxygens (including phenoxy) is 3. The molecule has 1 aromatic carbocycles. The summed E-state index contributed by atoms with van der Waals surface area (Å²) in [6, 6.07) is 4.38. The van der Waals surface area contributed by atoms with Crippen molar-refractivity contribution < 1.29 is 27.8 Å². The minimum atomic E-state index is -3.63. The number of carbonyl (C=O) groups excluding carboxylic acids is 1. The zero-order valence-corrected chi connectivity index (χ0v) is 12.5. The van der Waals surface area contributed by atoms with Gasteiger partial charge in [-0.25, -0.2) is 4.79 Å². The molecule has 6 nitrogen and oxygen atoms in total. The van der Waals surface area contributed by atoms with E-state index in [1.807, 2.05) is 0 Å². The summed E-state index contributed by atoms with van der Waals surface area (Å²) < 4.78 is 39.5. The Morgan fingerprint density at radius 1 is 1.23 bits per heavy atom. The Morgan fingerprint density at radius 2 is 1.91 bits per heavy atom. The Hall–Kier alpha value is -2.25. The van der Waals surface area contributed by atoms with Gasteiger partial charge in [0.05, 0.1) is 0 Å². The third-order valence-corrected chi connectivity index (χ3v) is 2.52. The van der Waals surface area contributed by atoms with Crippen LogP contribution in [0.15, 0.2) is 18.2 Å². The number of halogens is 2. The maximum atomic E-state index is 12.9. The van der Waals surface area contributed by atoms with Gasteiger partial charge < -0.3 is 24.8 Å². The second-order valence-corrected chi connectivity index (χ2v) is 5.68. The lowest BCUT2D eigenvalue weighted by Gasteiger charge is -2.19. The number of rotatable bonds is 4. The average Bonchev–Trinajstić information content (AvgIpc) is 2.65. The fraction of sp³-hybridized carbons (Fsp3) is 0.500. The first-order valence-electron chi connectivity index (χ1n) is 6.75. The van der Waals surface area contributed by atoms with Crippen LogP contribution in [0, 0.1) is 0 Å². The molecule has 0 bridgehead atoms. The monoisotopic (exact) mass is 316 g/mol. The van der Waals surface area contributed by atoms with Crippen molar-refractivity contribution in [3.8, 4) is 11.5 Å². The van der Waals surface area contributed by atoms with Gasteiger partial charge in [-0.2, -0.15) is 0 Å². The van der Waals surface area contributed by atoms with E-state index in [2.05, 4.69) is 20.1 Å². The fourth-order valence-electron chi connectivity index (χ4n) is 1.74. The van der Waals surface area contributed by atoms with E-state index in [0.29, 0.717) is 18.8 Å². The smallest absolute Gasteiger partial charge is 0.444 e. The Morgan fingerprint density at radius 3 is 2.59 bits per heavy atom. The molecule has 0 aliphatic carbocycles. The number of nitrogens with one attached hydrogen (secondary N) is 2. The quantitative estimate of drug-likeness (QED) is 0.836. The van der Waals surface area contributed by atoms with Crippen molar-refractivity contribution in [2.75, 3.05) is 18.4 Å². The van der Waals surface area contributed by atoms with E-state index < -0.39 is 18.0 Å². The molecule has 0 radical (unpaired) electrons. The van der Waals surface area contributed by atoms with Crippen LogP contribution in [0.5, 0.6) is 11.5 Å². The molecule has 1 amide bonds. The lowest BCUT2D eigenvalue weighted by atomic mass is 10.2. The van der Waals surface area contributed by atoms with E-state index >= 15 is 0 Å². The Labute approximate surface area is 126 Å². The molecule has 8 heteroatoms. The molecule has 0 unspecified atom stereocenters. The van der Waals surface area contributed by atoms with Crippen LogP contribution in [0.4, 0.5) is 19.3 Å². The maximum absolute atomic E-state index is 12.9. The van der Waals surface area contributed by atoms with Crippen molar-refractivity contribution in [1.29, 1.82) is 0 Å². The fourth-order valence-corrected chi connectivity index (χ4v) is 1.74. The van der Waals surface area contributed by atoms with Gasteiger partial charge in [-0.15, -0.1) is 8.78 Å². The Balaban J connectivity index is 1.76. The lowest BCUT2D eigenvalue weighted by molar-refractivity contribution is -0.286. The zero-order chi connectivity index (χ0) is 16.4. The van der Waals surface area contributed by atoms with E-state index in [-0.39, 0.29) is 11.5 Å². The molecule has 0 spiro atoms. The topological polar surface area (TPSA) is 68.8 Å². The number of amides is 1. The second-order valence-electron chi connectivity index (χ2n) is 5.68. The van der Waals surface area contributed by atoms with Gasteiger partial charge in [0.2, 0.25) is 0 Å². The van der Waals surface area contributed by atoms with Crippen LogP contribution in [0.1, 0.15) is 20.8 Å². The first-order valence-corrected chi connectivity index (χ1v) is 6.75. The molecule has 2 rings (SSSR count). The Kier molecular flexibility index (Phi) is 4.30. The van der Waals surface area contributed by atoms with Gasteiger partial charge in [-0.1, -0.05) is 0 Å². The number of carbonyl (C=O) groups is 1. The third kappa shape index (κ3) is 4.64. The summed E-state index contributed by atoms with van der Waals surface area (Å²) in [4.78, 5) is 11.4. The molecule has 0 atom stereocenters. The van der Waals surface area contributed by atoms with Crippen LogP contribution < -0.4 is 20.1 Å². The molecule has 1 aliphatic heterocycles. The number of anilines is 1. The highest BCUT2D eigenvalue weighted by atomic mass is 19.3. The van der Waals surface area contributed by atoms with Crippen LogP contribution in [-0.4, -0.2) is 31.1 Å². The molecule has 22 heavy (non-hydrogen) atoms. The van der Waals surface area contributed by atoms with Crippen LogP contribution in [-0.2, 0) is 4.74 Å². The Bertz CT molecular complexity index is 558.